The van der Waals surface area contributed by atoms with Gasteiger partial charge in [-0.25, -0.2) is 0 Å². The molecule has 2 aromatic rings. The van der Waals surface area contributed by atoms with Crippen LogP contribution >= 0.6 is 12.4 Å². The van der Waals surface area contributed by atoms with Crippen LogP contribution in [0, 0.1) is 0 Å². The first kappa shape index (κ1) is 12.4. The normalized spacial score (nSPS) is 9.62. The smallest absolute Gasteiger partial charge is 0.162 e. The number of pyridine rings is 1. The van der Waals surface area contributed by atoms with Gasteiger partial charge in [-0.05, 0) is 12.1 Å². The lowest BCUT2D eigenvalue weighted by Gasteiger charge is -2.09. The van der Waals surface area contributed by atoms with Gasteiger partial charge >= 0.3 is 0 Å². The van der Waals surface area contributed by atoms with Crippen molar-refractivity contribution in [2.75, 3.05) is 20.0 Å². The minimum absolute atomic E-state index is 0. The average molecular weight is 241 g/mol. The predicted octanol–water partition coefficient (Wildman–Crippen LogP) is 2.26. The monoisotopic (exact) mass is 240 g/mol. The van der Waals surface area contributed by atoms with Crippen LogP contribution in [-0.2, 0) is 0 Å². The fourth-order valence-corrected chi connectivity index (χ4v) is 1.49. The summed E-state index contributed by atoms with van der Waals surface area (Å²) in [4.78, 5) is 4.21. The number of nitrogens with two attached hydrogens (primary N) is 1. The molecular formula is C11H13ClN2O2. The summed E-state index contributed by atoms with van der Waals surface area (Å²) in [5.74, 6) is 1.31. The lowest BCUT2D eigenvalue weighted by atomic mass is 10.1. The Balaban J connectivity index is 0.00000128. The molecule has 0 bridgehead atoms. The highest BCUT2D eigenvalue weighted by atomic mass is 35.5. The molecule has 0 aliphatic heterocycles. The number of halogens is 1. The maximum absolute atomic E-state index is 5.83. The lowest BCUT2D eigenvalue weighted by Crippen LogP contribution is -1.93. The number of ether oxygens (including phenoxy) is 2. The molecule has 0 radical (unpaired) electrons. The molecule has 0 amide bonds. The topological polar surface area (TPSA) is 57.4 Å². The summed E-state index contributed by atoms with van der Waals surface area (Å²) in [7, 11) is 3.19. The molecule has 0 atom stereocenters. The molecule has 0 saturated carbocycles. The quantitative estimate of drug-likeness (QED) is 0.875. The number of anilines is 1. The van der Waals surface area contributed by atoms with Crippen LogP contribution in [0.25, 0.3) is 10.9 Å². The van der Waals surface area contributed by atoms with Gasteiger partial charge in [-0.2, -0.15) is 0 Å². The predicted molar refractivity (Wildman–Crippen MR) is 66.5 cm³/mol. The fourth-order valence-electron chi connectivity index (χ4n) is 1.49. The van der Waals surface area contributed by atoms with E-state index in [9.17, 15) is 0 Å². The average Bonchev–Trinajstić information content (AvgIpc) is 2.28. The summed E-state index contributed by atoms with van der Waals surface area (Å²) < 4.78 is 10.4. The Bertz CT molecular complexity index is 503. The molecule has 2 rings (SSSR count). The molecule has 5 heteroatoms. The van der Waals surface area contributed by atoms with Gasteiger partial charge in [-0.1, -0.05) is 0 Å². The molecule has 0 fully saturated rings. The molecule has 1 heterocycles. The Morgan fingerprint density at radius 3 is 2.38 bits per heavy atom. The summed E-state index contributed by atoms with van der Waals surface area (Å²) in [6, 6.07) is 5.40. The van der Waals surface area contributed by atoms with E-state index < -0.39 is 0 Å². The third-order valence-corrected chi connectivity index (χ3v) is 2.28. The Morgan fingerprint density at radius 1 is 1.12 bits per heavy atom. The number of aromatic nitrogens is 1. The van der Waals surface area contributed by atoms with Gasteiger partial charge in [0.2, 0.25) is 0 Å². The van der Waals surface area contributed by atoms with Gasteiger partial charge in [0.05, 0.1) is 19.7 Å². The Labute approximate surface area is 99.8 Å². The Hall–Kier alpha value is -1.68. The van der Waals surface area contributed by atoms with Crippen LogP contribution in [0.4, 0.5) is 5.69 Å². The van der Waals surface area contributed by atoms with Crippen molar-refractivity contribution in [3.63, 3.8) is 0 Å². The number of fused-ring (bicyclic) bond motifs is 1. The highest BCUT2D eigenvalue weighted by molar-refractivity contribution is 5.92. The highest BCUT2D eigenvalue weighted by Crippen LogP contribution is 2.33. The van der Waals surface area contributed by atoms with E-state index in [-0.39, 0.29) is 12.4 Å². The minimum Gasteiger partial charge on any atom is -0.493 e. The van der Waals surface area contributed by atoms with Gasteiger partial charge in [0.15, 0.2) is 11.5 Å². The molecule has 4 nitrogen and oxygen atoms in total. The second kappa shape index (κ2) is 4.90. The molecule has 0 unspecified atom stereocenters. The first-order chi connectivity index (χ1) is 7.26. The summed E-state index contributed by atoms with van der Waals surface area (Å²) in [5, 5.41) is 0.871. The van der Waals surface area contributed by atoms with E-state index in [0.717, 1.165) is 10.9 Å². The maximum atomic E-state index is 5.83. The molecule has 16 heavy (non-hydrogen) atoms. The number of rotatable bonds is 2. The van der Waals surface area contributed by atoms with Gasteiger partial charge in [0.25, 0.3) is 0 Å². The molecule has 0 aliphatic rings. The zero-order valence-electron chi connectivity index (χ0n) is 9.06. The zero-order valence-corrected chi connectivity index (χ0v) is 9.88. The summed E-state index contributed by atoms with van der Waals surface area (Å²) in [6.07, 6.45) is 1.67. The Morgan fingerprint density at radius 2 is 1.75 bits per heavy atom. The third kappa shape index (κ3) is 1.97. The number of hydrogen-bond acceptors (Lipinski definition) is 4. The van der Waals surface area contributed by atoms with Gasteiger partial charge in [0.1, 0.15) is 0 Å². The molecule has 2 N–H and O–H groups in total. The van der Waals surface area contributed by atoms with Crippen molar-refractivity contribution in [1.29, 1.82) is 0 Å². The van der Waals surface area contributed by atoms with Gasteiger partial charge in [-0.15, -0.1) is 12.4 Å². The number of nitrogens with zero attached hydrogens (tertiary/aromatic N) is 1. The van der Waals surface area contributed by atoms with E-state index >= 15 is 0 Å². The van der Waals surface area contributed by atoms with Crippen LogP contribution < -0.4 is 15.2 Å². The van der Waals surface area contributed by atoms with Crippen LogP contribution in [0.2, 0.25) is 0 Å². The van der Waals surface area contributed by atoms with Crippen molar-refractivity contribution >= 4 is 29.0 Å². The van der Waals surface area contributed by atoms with Gasteiger partial charge < -0.3 is 15.2 Å². The van der Waals surface area contributed by atoms with Gasteiger partial charge in [0, 0.05) is 23.3 Å². The number of benzene rings is 1. The standard InChI is InChI=1S/C11H12N2O2.ClH/c1-14-10-5-7-8(12)3-4-13-9(7)6-11(10)15-2;/h3-6H,1-2H3,(H2,12,13);1H. The summed E-state index contributed by atoms with van der Waals surface area (Å²) in [5.41, 5.74) is 7.32. The molecule has 86 valence electrons. The van der Waals surface area contributed by atoms with Crippen molar-refractivity contribution in [1.82, 2.24) is 4.98 Å². The van der Waals surface area contributed by atoms with Gasteiger partial charge in [-0.3, -0.25) is 4.98 Å². The van der Waals surface area contributed by atoms with E-state index in [1.165, 1.54) is 0 Å². The van der Waals surface area contributed by atoms with Crippen molar-refractivity contribution in [3.05, 3.63) is 24.4 Å². The molecule has 0 aliphatic carbocycles. The van der Waals surface area contributed by atoms with Crippen LogP contribution in [0.1, 0.15) is 0 Å². The lowest BCUT2D eigenvalue weighted by molar-refractivity contribution is 0.356. The second-order valence-corrected chi connectivity index (χ2v) is 3.12. The third-order valence-electron chi connectivity index (χ3n) is 2.28. The largest absolute Gasteiger partial charge is 0.493 e. The molecule has 0 spiro atoms. The first-order valence-corrected chi connectivity index (χ1v) is 4.52. The maximum Gasteiger partial charge on any atom is 0.162 e. The second-order valence-electron chi connectivity index (χ2n) is 3.12. The highest BCUT2D eigenvalue weighted by Gasteiger charge is 2.07. The minimum atomic E-state index is 0. The van der Waals surface area contributed by atoms with E-state index in [0.29, 0.717) is 17.2 Å². The molecular weight excluding hydrogens is 228 g/mol. The van der Waals surface area contributed by atoms with Crippen LogP contribution in [0.3, 0.4) is 0 Å². The Kier molecular flexibility index (Phi) is 3.79. The van der Waals surface area contributed by atoms with Crippen molar-refractivity contribution in [3.8, 4) is 11.5 Å². The van der Waals surface area contributed by atoms with Crippen LogP contribution in [-0.4, -0.2) is 19.2 Å². The SMILES string of the molecule is COc1cc2nccc(N)c2cc1OC.Cl. The van der Waals surface area contributed by atoms with Crippen molar-refractivity contribution in [2.45, 2.75) is 0 Å². The number of nitrogen functional groups attached to an aromatic ring is 1. The van der Waals surface area contributed by atoms with Crippen LogP contribution in [0.5, 0.6) is 11.5 Å². The van der Waals surface area contributed by atoms with E-state index in [1.54, 1.807) is 26.5 Å². The van der Waals surface area contributed by atoms with E-state index in [4.69, 9.17) is 15.2 Å². The van der Waals surface area contributed by atoms with Crippen molar-refractivity contribution < 1.29 is 9.47 Å². The van der Waals surface area contributed by atoms with Crippen molar-refractivity contribution in [2.24, 2.45) is 0 Å². The van der Waals surface area contributed by atoms with Crippen LogP contribution in [0.15, 0.2) is 24.4 Å². The molecule has 1 aromatic carbocycles. The first-order valence-electron chi connectivity index (χ1n) is 4.52. The number of hydrogen-bond donors (Lipinski definition) is 1. The molecule has 1 aromatic heterocycles. The summed E-state index contributed by atoms with van der Waals surface area (Å²) in [6.45, 7) is 0. The zero-order chi connectivity index (χ0) is 10.8. The van der Waals surface area contributed by atoms with E-state index in [2.05, 4.69) is 4.98 Å². The fraction of sp³-hybridized carbons (Fsp3) is 0.182. The summed E-state index contributed by atoms with van der Waals surface area (Å²) >= 11 is 0. The molecule has 0 saturated heterocycles. The number of methoxy groups -OCH3 is 2. The van der Waals surface area contributed by atoms with E-state index in [1.807, 2.05) is 12.1 Å².